The van der Waals surface area contributed by atoms with Gasteiger partial charge in [0.1, 0.15) is 17.9 Å². The van der Waals surface area contributed by atoms with Gasteiger partial charge in [0.25, 0.3) is 5.91 Å². The number of nitrogens with zero attached hydrogens (tertiary/aromatic N) is 4. The summed E-state index contributed by atoms with van der Waals surface area (Å²) in [5.74, 6) is -0.515. The van der Waals surface area contributed by atoms with Gasteiger partial charge in [-0.2, -0.15) is 5.10 Å². The standard InChI is InChI=1S/C23H23FN6O3/c1-13-6-20(24)19(23(32)28-21-4-5-33-29-21)8-17(13)15-7-18(16-10-26-30(3)11-16)22(25-9-15)27-14(2)12-31/h4-11,14,31H,12H2,1-3H3,(H,25,27)(H,28,29,32)/t14-/m1/s1. The van der Waals surface area contributed by atoms with Crippen LogP contribution in [-0.2, 0) is 7.05 Å². The first-order chi connectivity index (χ1) is 15.9. The normalized spacial score (nSPS) is 11.9. The van der Waals surface area contributed by atoms with E-state index in [-0.39, 0.29) is 24.0 Å². The van der Waals surface area contributed by atoms with Crippen molar-refractivity contribution in [3.05, 3.63) is 66.1 Å². The predicted molar refractivity (Wildman–Crippen MR) is 121 cm³/mol. The van der Waals surface area contributed by atoms with Crippen LogP contribution in [0, 0.1) is 12.7 Å². The molecule has 0 spiro atoms. The van der Waals surface area contributed by atoms with Crippen LogP contribution in [-0.4, -0.2) is 43.6 Å². The second-order valence-corrected chi connectivity index (χ2v) is 7.74. The number of amides is 1. The molecule has 3 heterocycles. The molecule has 3 aromatic heterocycles. The number of aromatic nitrogens is 4. The van der Waals surface area contributed by atoms with E-state index in [9.17, 15) is 14.3 Å². The van der Waals surface area contributed by atoms with Crippen LogP contribution in [0.3, 0.4) is 0 Å². The van der Waals surface area contributed by atoms with Crippen LogP contribution in [0.4, 0.5) is 16.0 Å². The summed E-state index contributed by atoms with van der Waals surface area (Å²) in [4.78, 5) is 17.2. The Kier molecular flexibility index (Phi) is 6.18. The highest BCUT2D eigenvalue weighted by molar-refractivity contribution is 6.04. The summed E-state index contributed by atoms with van der Waals surface area (Å²) in [6, 6.07) is 5.97. The van der Waals surface area contributed by atoms with Crippen LogP contribution in [0.1, 0.15) is 22.8 Å². The summed E-state index contributed by atoms with van der Waals surface area (Å²) >= 11 is 0. The first kappa shape index (κ1) is 22.2. The number of aryl methyl sites for hydroxylation is 2. The van der Waals surface area contributed by atoms with E-state index in [1.807, 2.05) is 26.2 Å². The molecule has 4 aromatic rings. The van der Waals surface area contributed by atoms with Gasteiger partial charge >= 0.3 is 0 Å². The monoisotopic (exact) mass is 450 g/mol. The number of carbonyl (C=O) groups excluding carboxylic acids is 1. The summed E-state index contributed by atoms with van der Waals surface area (Å²) < 4.78 is 21.0. The molecule has 0 unspecified atom stereocenters. The summed E-state index contributed by atoms with van der Waals surface area (Å²) in [6.45, 7) is 3.55. The Labute approximate surface area is 189 Å². The van der Waals surface area contributed by atoms with E-state index in [1.165, 1.54) is 24.5 Å². The van der Waals surface area contributed by atoms with Crippen LogP contribution >= 0.6 is 0 Å². The third-order valence-electron chi connectivity index (χ3n) is 5.11. The van der Waals surface area contributed by atoms with Crippen LogP contribution in [0.5, 0.6) is 0 Å². The molecule has 4 rings (SSSR count). The van der Waals surface area contributed by atoms with Gasteiger partial charge in [-0.05, 0) is 43.2 Å². The molecule has 0 aliphatic rings. The number of hydrogen-bond acceptors (Lipinski definition) is 7. The van der Waals surface area contributed by atoms with E-state index >= 15 is 0 Å². The van der Waals surface area contributed by atoms with Crippen molar-refractivity contribution in [3.8, 4) is 22.3 Å². The van der Waals surface area contributed by atoms with E-state index in [2.05, 4.69) is 25.9 Å². The van der Waals surface area contributed by atoms with Gasteiger partial charge in [0.2, 0.25) is 0 Å². The van der Waals surface area contributed by atoms with Crippen molar-refractivity contribution in [2.45, 2.75) is 19.9 Å². The van der Waals surface area contributed by atoms with E-state index in [1.54, 1.807) is 24.0 Å². The molecule has 10 heteroatoms. The predicted octanol–water partition coefficient (Wildman–Crippen LogP) is 3.63. The van der Waals surface area contributed by atoms with Gasteiger partial charge in [0, 0.05) is 48.2 Å². The van der Waals surface area contributed by atoms with Crippen molar-refractivity contribution in [2.75, 3.05) is 17.2 Å². The van der Waals surface area contributed by atoms with Crippen molar-refractivity contribution in [1.82, 2.24) is 19.9 Å². The number of nitrogens with one attached hydrogen (secondary N) is 2. The molecule has 0 aliphatic carbocycles. The molecular weight excluding hydrogens is 427 g/mol. The molecule has 0 saturated heterocycles. The number of halogens is 1. The first-order valence-electron chi connectivity index (χ1n) is 10.2. The summed E-state index contributed by atoms with van der Waals surface area (Å²) in [6.07, 6.45) is 6.52. The Balaban J connectivity index is 1.77. The van der Waals surface area contributed by atoms with Crippen LogP contribution in [0.25, 0.3) is 22.3 Å². The quantitative estimate of drug-likeness (QED) is 0.393. The van der Waals surface area contributed by atoms with Crippen LogP contribution in [0.2, 0.25) is 0 Å². The maximum Gasteiger partial charge on any atom is 0.259 e. The molecule has 0 bridgehead atoms. The van der Waals surface area contributed by atoms with Gasteiger partial charge in [-0.3, -0.25) is 9.48 Å². The molecule has 33 heavy (non-hydrogen) atoms. The minimum Gasteiger partial charge on any atom is -0.394 e. The van der Waals surface area contributed by atoms with Gasteiger partial charge in [-0.1, -0.05) is 5.16 Å². The van der Waals surface area contributed by atoms with Gasteiger partial charge in [-0.25, -0.2) is 9.37 Å². The molecule has 0 fully saturated rings. The van der Waals surface area contributed by atoms with Gasteiger partial charge in [-0.15, -0.1) is 0 Å². The topological polar surface area (TPSA) is 118 Å². The number of pyridine rings is 1. The second-order valence-electron chi connectivity index (χ2n) is 7.74. The molecule has 9 nitrogen and oxygen atoms in total. The smallest absolute Gasteiger partial charge is 0.259 e. The van der Waals surface area contributed by atoms with Crippen LogP contribution < -0.4 is 10.6 Å². The molecule has 1 amide bonds. The third-order valence-corrected chi connectivity index (χ3v) is 5.11. The lowest BCUT2D eigenvalue weighted by Gasteiger charge is -2.17. The minimum absolute atomic E-state index is 0.0586. The van der Waals surface area contributed by atoms with Crippen molar-refractivity contribution < 1.29 is 18.8 Å². The number of aliphatic hydroxyl groups excluding tert-OH is 1. The molecule has 1 aromatic carbocycles. The van der Waals surface area contributed by atoms with Gasteiger partial charge < -0.3 is 20.3 Å². The average Bonchev–Trinajstić information content (AvgIpc) is 3.45. The number of hydrogen-bond donors (Lipinski definition) is 3. The zero-order chi connectivity index (χ0) is 23.5. The molecule has 0 aliphatic heterocycles. The number of rotatable bonds is 7. The Morgan fingerprint density at radius 2 is 2.06 bits per heavy atom. The van der Waals surface area contributed by atoms with Crippen LogP contribution in [0.15, 0.2) is 53.6 Å². The van der Waals surface area contributed by atoms with Gasteiger partial charge in [0.15, 0.2) is 5.82 Å². The highest BCUT2D eigenvalue weighted by Crippen LogP contribution is 2.33. The number of carbonyl (C=O) groups is 1. The number of anilines is 2. The maximum atomic E-state index is 14.7. The van der Waals surface area contributed by atoms with E-state index in [0.717, 1.165) is 11.1 Å². The average molecular weight is 450 g/mol. The summed E-state index contributed by atoms with van der Waals surface area (Å²) in [5.41, 5.74) is 3.46. The minimum atomic E-state index is -0.646. The largest absolute Gasteiger partial charge is 0.394 e. The highest BCUT2D eigenvalue weighted by atomic mass is 19.1. The zero-order valence-electron chi connectivity index (χ0n) is 18.3. The fourth-order valence-electron chi connectivity index (χ4n) is 3.40. The van der Waals surface area contributed by atoms with Crippen molar-refractivity contribution in [2.24, 2.45) is 7.05 Å². The summed E-state index contributed by atoms with van der Waals surface area (Å²) in [7, 11) is 1.81. The lowest BCUT2D eigenvalue weighted by molar-refractivity contribution is 0.102. The Morgan fingerprint density at radius 3 is 2.73 bits per heavy atom. The van der Waals surface area contributed by atoms with Gasteiger partial charge in [0.05, 0.1) is 18.4 Å². The zero-order valence-corrected chi connectivity index (χ0v) is 18.3. The van der Waals surface area contributed by atoms with E-state index in [0.29, 0.717) is 22.5 Å². The molecule has 0 saturated carbocycles. The lowest BCUT2D eigenvalue weighted by Crippen LogP contribution is -2.20. The Bertz CT molecular complexity index is 1290. The molecule has 1 atom stereocenters. The molecule has 170 valence electrons. The first-order valence-corrected chi connectivity index (χ1v) is 10.2. The van der Waals surface area contributed by atoms with Crippen molar-refractivity contribution in [3.63, 3.8) is 0 Å². The lowest BCUT2D eigenvalue weighted by atomic mass is 9.96. The molecule has 3 N–H and O–H groups in total. The molecule has 0 radical (unpaired) electrons. The molecular formula is C23H23FN6O3. The number of benzene rings is 1. The maximum absolute atomic E-state index is 14.7. The van der Waals surface area contributed by atoms with Crippen molar-refractivity contribution in [1.29, 1.82) is 0 Å². The Morgan fingerprint density at radius 1 is 1.24 bits per heavy atom. The van der Waals surface area contributed by atoms with Crippen molar-refractivity contribution >= 4 is 17.5 Å². The fraction of sp³-hybridized carbons (Fsp3) is 0.217. The third kappa shape index (κ3) is 4.75. The SMILES string of the molecule is Cc1cc(F)c(C(=O)Nc2ccon2)cc1-c1cnc(N[C@H](C)CO)c(-c2cnn(C)c2)c1. The summed E-state index contributed by atoms with van der Waals surface area (Å²) in [5, 5.41) is 23.0. The highest BCUT2D eigenvalue weighted by Gasteiger charge is 2.19. The number of aliphatic hydroxyl groups is 1. The fourth-order valence-corrected chi connectivity index (χ4v) is 3.40. The van der Waals surface area contributed by atoms with E-state index < -0.39 is 11.7 Å². The van der Waals surface area contributed by atoms with E-state index in [4.69, 9.17) is 4.52 Å². The second kappa shape index (κ2) is 9.21. The Hall–Kier alpha value is -4.05.